The van der Waals surface area contributed by atoms with Gasteiger partial charge in [0.25, 0.3) is 11.8 Å². The van der Waals surface area contributed by atoms with Crippen LogP contribution < -0.4 is 9.64 Å². The van der Waals surface area contributed by atoms with Gasteiger partial charge in [0.15, 0.2) is 0 Å². The van der Waals surface area contributed by atoms with Gasteiger partial charge in [-0.15, -0.1) is 0 Å². The van der Waals surface area contributed by atoms with Gasteiger partial charge >= 0.3 is 0 Å². The summed E-state index contributed by atoms with van der Waals surface area (Å²) in [7, 11) is 5.30. The Morgan fingerprint density at radius 1 is 0.833 bits per heavy atom. The fourth-order valence-electron chi connectivity index (χ4n) is 8.66. The summed E-state index contributed by atoms with van der Waals surface area (Å²) in [5, 5.41) is 20.0. The Morgan fingerprint density at radius 2 is 1.58 bits per heavy atom. The summed E-state index contributed by atoms with van der Waals surface area (Å²) >= 11 is 0. The summed E-state index contributed by atoms with van der Waals surface area (Å²) in [6, 6.07) is 32.0. The van der Waals surface area contributed by atoms with Crippen molar-refractivity contribution in [2.24, 2.45) is 14.1 Å². The van der Waals surface area contributed by atoms with E-state index < -0.39 is 0 Å². The van der Waals surface area contributed by atoms with Crippen LogP contribution in [0.2, 0.25) is 0 Å². The maximum absolute atomic E-state index is 15.1. The number of phenols is 1. The normalized spacial score (nSPS) is 14.6. The molecule has 2 aromatic heterocycles. The molecule has 1 N–H and O–H groups in total. The average Bonchev–Trinajstić information content (AvgIpc) is 3.72. The third-order valence-electron chi connectivity index (χ3n) is 12.4. The molecule has 0 spiro atoms. The van der Waals surface area contributed by atoms with E-state index in [1.807, 2.05) is 83.8 Å². The molecule has 0 fully saturated rings. The maximum Gasteiger partial charge on any atom is 0.264 e. The Morgan fingerprint density at radius 3 is 2.30 bits per heavy atom. The molecular weight excluding hydrogens is 753 g/mol. The fraction of sp³-hybridized carbons (Fsp3) is 0.265. The zero-order chi connectivity index (χ0) is 42.4. The monoisotopic (exact) mass is 800 g/mol. The van der Waals surface area contributed by atoms with Gasteiger partial charge in [0.05, 0.1) is 24.8 Å². The van der Waals surface area contributed by atoms with E-state index in [2.05, 4.69) is 31.2 Å². The fourth-order valence-corrected chi connectivity index (χ4v) is 8.66. The average molecular weight is 801 g/mol. The van der Waals surface area contributed by atoms with Crippen molar-refractivity contribution < 1.29 is 24.2 Å². The van der Waals surface area contributed by atoms with Crippen molar-refractivity contribution in [3.63, 3.8) is 0 Å². The molecule has 11 nitrogen and oxygen atoms in total. The van der Waals surface area contributed by atoms with E-state index in [1.54, 1.807) is 41.8 Å². The van der Waals surface area contributed by atoms with Crippen LogP contribution in [0.15, 0.2) is 97.1 Å². The Kier molecular flexibility index (Phi) is 10.6. The van der Waals surface area contributed by atoms with Gasteiger partial charge in [-0.2, -0.15) is 5.26 Å². The van der Waals surface area contributed by atoms with Crippen LogP contribution in [-0.2, 0) is 51.2 Å². The van der Waals surface area contributed by atoms with Gasteiger partial charge in [-0.05, 0) is 122 Å². The number of amides is 3. The van der Waals surface area contributed by atoms with Crippen LogP contribution >= 0.6 is 0 Å². The third kappa shape index (κ3) is 7.19. The second-order valence-corrected chi connectivity index (χ2v) is 15.9. The number of hydrogen-bond acceptors (Lipinski definition) is 6. The van der Waals surface area contributed by atoms with Crippen molar-refractivity contribution in [2.45, 2.75) is 59.2 Å². The van der Waals surface area contributed by atoms with Crippen LogP contribution in [0.25, 0.3) is 11.3 Å². The number of benzene rings is 4. The van der Waals surface area contributed by atoms with Crippen molar-refractivity contribution in [1.82, 2.24) is 18.9 Å². The first-order valence-electron chi connectivity index (χ1n) is 20.2. The second-order valence-electron chi connectivity index (χ2n) is 15.9. The zero-order valence-electron chi connectivity index (χ0n) is 34.8. The highest BCUT2D eigenvalue weighted by Crippen LogP contribution is 2.38. The minimum absolute atomic E-state index is 0.00190. The van der Waals surface area contributed by atoms with E-state index in [4.69, 9.17) is 4.74 Å². The molecule has 0 bridgehead atoms. The predicted molar refractivity (Wildman–Crippen MR) is 230 cm³/mol. The Labute approximate surface area is 350 Å². The highest BCUT2D eigenvalue weighted by molar-refractivity contribution is 6.13. The number of aromatic nitrogens is 2. The highest BCUT2D eigenvalue weighted by atomic mass is 16.5. The van der Waals surface area contributed by atoms with E-state index in [9.17, 15) is 20.0 Å². The van der Waals surface area contributed by atoms with Gasteiger partial charge < -0.3 is 28.8 Å². The van der Waals surface area contributed by atoms with Crippen LogP contribution in [0.1, 0.15) is 72.5 Å². The van der Waals surface area contributed by atoms with Crippen molar-refractivity contribution >= 4 is 29.1 Å². The summed E-state index contributed by atoms with van der Waals surface area (Å²) < 4.78 is 9.09. The van der Waals surface area contributed by atoms with Crippen LogP contribution in [-0.4, -0.2) is 61.5 Å². The Balaban J connectivity index is 1.21. The summed E-state index contributed by atoms with van der Waals surface area (Å²) in [6.45, 7) is 7.20. The summed E-state index contributed by atoms with van der Waals surface area (Å²) in [5.41, 5.74) is 10.4. The molecule has 0 radical (unpaired) electrons. The van der Waals surface area contributed by atoms with Gasteiger partial charge in [-0.1, -0.05) is 36.4 Å². The smallest absolute Gasteiger partial charge is 0.264 e. The largest absolute Gasteiger partial charge is 0.508 e. The lowest BCUT2D eigenvalue weighted by Gasteiger charge is -2.36. The molecule has 3 amide bonds. The van der Waals surface area contributed by atoms with Crippen LogP contribution in [0.5, 0.6) is 11.5 Å². The van der Waals surface area contributed by atoms with Crippen molar-refractivity contribution in [1.29, 1.82) is 5.26 Å². The first kappa shape index (κ1) is 39.8. The number of carbonyl (C=O) groups excluding carboxylic acids is 3. The SMILES string of the molecule is COc1cccc(CC(=O)N2CCc3cc(-c4cc(C(=O)N(c5ccc(O)cc5)c5cc(C#N)n(C)c5C)c(C)n4C)c(C(=O)N4Cc5ccccc5C[C@H]4C)cc3C2)c1. The molecule has 0 aliphatic carbocycles. The number of phenolic OH excluding ortho intramolecular Hbond substituents is 1. The molecule has 0 saturated heterocycles. The number of methoxy groups -OCH3 is 1. The van der Waals surface area contributed by atoms with Gasteiger partial charge in [-0.25, -0.2) is 0 Å². The lowest BCUT2D eigenvalue weighted by Crippen LogP contribution is -2.43. The lowest BCUT2D eigenvalue weighted by atomic mass is 9.89. The molecule has 304 valence electrons. The quantitative estimate of drug-likeness (QED) is 0.167. The second kappa shape index (κ2) is 15.9. The number of anilines is 2. The molecule has 2 aliphatic rings. The first-order chi connectivity index (χ1) is 28.9. The summed E-state index contributed by atoms with van der Waals surface area (Å²) in [4.78, 5) is 49.1. The first-order valence-corrected chi connectivity index (χ1v) is 20.2. The third-order valence-corrected chi connectivity index (χ3v) is 12.4. The number of nitrogens with zero attached hydrogens (tertiary/aromatic N) is 6. The molecule has 8 rings (SSSR count). The number of ether oxygens (including phenoxy) is 1. The summed E-state index contributed by atoms with van der Waals surface area (Å²) in [5.74, 6) is 0.326. The van der Waals surface area contributed by atoms with Gasteiger partial charge in [0.2, 0.25) is 5.91 Å². The molecular formula is C49H48N6O5. The van der Waals surface area contributed by atoms with Crippen molar-refractivity contribution in [3.05, 3.63) is 153 Å². The molecule has 6 aromatic rings. The number of fused-ring (bicyclic) bond motifs is 2. The molecule has 1 atom stereocenters. The van der Waals surface area contributed by atoms with E-state index >= 15 is 4.79 Å². The molecule has 60 heavy (non-hydrogen) atoms. The topological polar surface area (TPSA) is 124 Å². The molecule has 2 aliphatic heterocycles. The van der Waals surface area contributed by atoms with Crippen LogP contribution in [0.4, 0.5) is 11.4 Å². The van der Waals surface area contributed by atoms with E-state index in [0.29, 0.717) is 77.0 Å². The summed E-state index contributed by atoms with van der Waals surface area (Å²) in [6.07, 6.45) is 1.57. The number of rotatable bonds is 8. The number of nitriles is 1. The van der Waals surface area contributed by atoms with Crippen molar-refractivity contribution in [3.8, 4) is 28.8 Å². The minimum atomic E-state index is -0.324. The predicted octanol–water partition coefficient (Wildman–Crippen LogP) is 7.93. The van der Waals surface area contributed by atoms with E-state index in [1.165, 1.54) is 17.7 Å². The number of hydrogen-bond donors (Lipinski definition) is 1. The number of carbonyl (C=O) groups is 3. The lowest BCUT2D eigenvalue weighted by molar-refractivity contribution is -0.131. The van der Waals surface area contributed by atoms with E-state index in [0.717, 1.165) is 34.4 Å². The van der Waals surface area contributed by atoms with Crippen LogP contribution in [0, 0.1) is 25.2 Å². The molecule has 0 unspecified atom stereocenters. The Bertz CT molecular complexity index is 2720. The van der Waals surface area contributed by atoms with Crippen LogP contribution in [0.3, 0.4) is 0 Å². The van der Waals surface area contributed by atoms with Gasteiger partial charge in [0, 0.05) is 73.7 Å². The molecule has 0 saturated carbocycles. The standard InChI is InChI=1S/C49H48N6O5/c1-30-20-34-11-7-8-12-36(34)29-54(30)48(58)44-24-37-28-53(47(57)22-33-10-9-13-41(21-33)60-6)19-18-35(37)23-43(44)46-26-42(31(2)52(46)5)49(59)55(38-14-16-40(56)17-15-38)45-25-39(27-50)51(4)32(45)3/h7-17,21,23-26,30,56H,18-20,22,28-29H2,1-6H3/t30-/m1/s1. The molecule has 11 heteroatoms. The van der Waals surface area contributed by atoms with Gasteiger partial charge in [0.1, 0.15) is 23.3 Å². The highest BCUT2D eigenvalue weighted by Gasteiger charge is 2.33. The van der Waals surface area contributed by atoms with E-state index in [-0.39, 0.29) is 35.9 Å². The Hall–Kier alpha value is -7.06. The molecule has 4 aromatic carbocycles. The minimum Gasteiger partial charge on any atom is -0.508 e. The zero-order valence-corrected chi connectivity index (χ0v) is 34.8. The van der Waals surface area contributed by atoms with Gasteiger partial charge in [-0.3, -0.25) is 19.3 Å². The maximum atomic E-state index is 15.1. The number of aromatic hydroxyl groups is 1. The van der Waals surface area contributed by atoms with Crippen molar-refractivity contribution in [2.75, 3.05) is 18.6 Å². The molecule has 4 heterocycles.